The van der Waals surface area contributed by atoms with Crippen LogP contribution in [0.5, 0.6) is 0 Å². The topological polar surface area (TPSA) is 21.6 Å². The first-order chi connectivity index (χ1) is 3.80. The molecule has 0 N–H and O–H groups in total. The van der Waals surface area contributed by atoms with Crippen molar-refractivity contribution in [3.63, 3.8) is 0 Å². The lowest BCUT2D eigenvalue weighted by Gasteiger charge is -2.07. The molecule has 0 unspecified atom stereocenters. The van der Waals surface area contributed by atoms with E-state index in [4.69, 9.17) is 4.74 Å². The molecule has 0 atom stereocenters. The maximum Gasteiger partial charge on any atom is 0.176 e. The van der Waals surface area contributed by atoms with Crippen LogP contribution in [0.15, 0.2) is 16.3 Å². The molecule has 0 spiro atoms. The molecule has 2 heteroatoms. The van der Waals surface area contributed by atoms with Crippen molar-refractivity contribution < 1.29 is 4.74 Å². The van der Waals surface area contributed by atoms with Gasteiger partial charge in [0.2, 0.25) is 0 Å². The minimum Gasteiger partial charge on any atom is -0.451 e. The van der Waals surface area contributed by atoms with E-state index in [2.05, 4.69) is 4.99 Å². The summed E-state index contributed by atoms with van der Waals surface area (Å²) in [6.45, 7) is 4.76. The Labute approximate surface area is 48.9 Å². The third kappa shape index (κ3) is 0.886. The number of nitrogens with zero attached hydrogens (tertiary/aromatic N) is 1. The predicted octanol–water partition coefficient (Wildman–Crippen LogP) is 1.34. The van der Waals surface area contributed by atoms with Crippen molar-refractivity contribution in [2.75, 3.05) is 6.54 Å². The zero-order valence-corrected chi connectivity index (χ0v) is 5.14. The van der Waals surface area contributed by atoms with Crippen LogP contribution >= 0.6 is 0 Å². The van der Waals surface area contributed by atoms with Crippen LogP contribution in [0.25, 0.3) is 0 Å². The van der Waals surface area contributed by atoms with E-state index in [1.165, 1.54) is 12.0 Å². The molecular formula is C6H9NO. The average molecular weight is 111 g/mol. The molecule has 0 amide bonds. The lowest BCUT2D eigenvalue weighted by molar-refractivity contribution is 0.417. The molecule has 8 heavy (non-hydrogen) atoms. The van der Waals surface area contributed by atoms with Gasteiger partial charge in [-0.1, -0.05) is 0 Å². The number of allylic oxidation sites excluding steroid dienone is 1. The Bertz CT molecular complexity index is 131. The number of aliphatic imine (C=N–C) groups is 1. The SMILES string of the molecule is CC1=C(C)OC=NC1. The Morgan fingerprint density at radius 1 is 1.62 bits per heavy atom. The summed E-state index contributed by atoms with van der Waals surface area (Å²) in [5.41, 5.74) is 1.22. The Kier molecular flexibility index (Phi) is 1.33. The first kappa shape index (κ1) is 5.35. The average Bonchev–Trinajstić information content (AvgIpc) is 1.77. The molecule has 2 nitrogen and oxygen atoms in total. The second-order valence-corrected chi connectivity index (χ2v) is 1.90. The van der Waals surface area contributed by atoms with Gasteiger partial charge in [-0.05, 0) is 19.4 Å². The molecule has 0 aromatic heterocycles. The molecule has 0 fully saturated rings. The molecule has 1 rings (SSSR count). The largest absolute Gasteiger partial charge is 0.451 e. The maximum absolute atomic E-state index is 4.98. The van der Waals surface area contributed by atoms with Crippen molar-refractivity contribution >= 4 is 6.40 Å². The highest BCUT2D eigenvalue weighted by Gasteiger charge is 1.98. The van der Waals surface area contributed by atoms with Crippen LogP contribution in [-0.2, 0) is 4.74 Å². The molecule has 0 saturated carbocycles. The van der Waals surface area contributed by atoms with Gasteiger partial charge in [0.15, 0.2) is 6.40 Å². The van der Waals surface area contributed by atoms with Crippen LogP contribution in [-0.4, -0.2) is 12.9 Å². The highest BCUT2D eigenvalue weighted by atomic mass is 16.5. The summed E-state index contributed by atoms with van der Waals surface area (Å²) in [5, 5.41) is 0. The van der Waals surface area contributed by atoms with Gasteiger partial charge >= 0.3 is 0 Å². The van der Waals surface area contributed by atoms with E-state index in [1.54, 1.807) is 0 Å². The summed E-state index contributed by atoms with van der Waals surface area (Å²) in [6, 6.07) is 0. The smallest absolute Gasteiger partial charge is 0.176 e. The summed E-state index contributed by atoms with van der Waals surface area (Å²) in [4.78, 5) is 3.90. The zero-order chi connectivity index (χ0) is 5.98. The van der Waals surface area contributed by atoms with Crippen LogP contribution in [0.1, 0.15) is 13.8 Å². The van der Waals surface area contributed by atoms with Gasteiger partial charge in [-0.25, -0.2) is 0 Å². The monoisotopic (exact) mass is 111 g/mol. The van der Waals surface area contributed by atoms with Gasteiger partial charge in [0.05, 0.1) is 6.54 Å². The zero-order valence-electron chi connectivity index (χ0n) is 5.14. The molecular weight excluding hydrogens is 102 g/mol. The molecule has 0 radical (unpaired) electrons. The van der Waals surface area contributed by atoms with Gasteiger partial charge in [-0.15, -0.1) is 0 Å². The molecule has 0 bridgehead atoms. The van der Waals surface area contributed by atoms with Crippen molar-refractivity contribution in [3.05, 3.63) is 11.3 Å². The molecule has 0 saturated heterocycles. The van der Waals surface area contributed by atoms with E-state index in [0.717, 1.165) is 12.3 Å². The van der Waals surface area contributed by atoms with Gasteiger partial charge in [0.25, 0.3) is 0 Å². The van der Waals surface area contributed by atoms with Crippen LogP contribution in [0, 0.1) is 0 Å². The minimum absolute atomic E-state index is 0.797. The van der Waals surface area contributed by atoms with Crippen LogP contribution in [0.2, 0.25) is 0 Å². The predicted molar refractivity (Wildman–Crippen MR) is 32.8 cm³/mol. The van der Waals surface area contributed by atoms with E-state index in [0.29, 0.717) is 0 Å². The summed E-state index contributed by atoms with van der Waals surface area (Å²) in [6.07, 6.45) is 1.49. The first-order valence-corrected chi connectivity index (χ1v) is 2.62. The van der Waals surface area contributed by atoms with E-state index >= 15 is 0 Å². The Morgan fingerprint density at radius 2 is 2.38 bits per heavy atom. The highest BCUT2D eigenvalue weighted by Crippen LogP contribution is 2.07. The lowest BCUT2D eigenvalue weighted by atomic mass is 10.2. The van der Waals surface area contributed by atoms with Gasteiger partial charge in [-0.2, -0.15) is 0 Å². The van der Waals surface area contributed by atoms with Crippen LogP contribution in [0.3, 0.4) is 0 Å². The van der Waals surface area contributed by atoms with Crippen molar-refractivity contribution in [1.29, 1.82) is 0 Å². The van der Waals surface area contributed by atoms with Crippen molar-refractivity contribution in [2.45, 2.75) is 13.8 Å². The highest BCUT2D eigenvalue weighted by molar-refractivity contribution is 5.50. The third-order valence-corrected chi connectivity index (χ3v) is 1.23. The lowest BCUT2D eigenvalue weighted by Crippen LogP contribution is -1.99. The van der Waals surface area contributed by atoms with Crippen molar-refractivity contribution in [2.24, 2.45) is 4.99 Å². The summed E-state index contributed by atoms with van der Waals surface area (Å²) < 4.78 is 4.98. The second kappa shape index (κ2) is 1.99. The Morgan fingerprint density at radius 3 is 2.75 bits per heavy atom. The fourth-order valence-electron chi connectivity index (χ4n) is 0.502. The standard InChI is InChI=1S/C6H9NO/c1-5-3-7-4-8-6(5)2/h4H,3H2,1-2H3. The quantitative estimate of drug-likeness (QED) is 0.462. The molecule has 0 aromatic carbocycles. The van der Waals surface area contributed by atoms with Gasteiger partial charge in [-0.3, -0.25) is 4.99 Å². The van der Waals surface area contributed by atoms with Crippen LogP contribution < -0.4 is 0 Å². The van der Waals surface area contributed by atoms with Crippen molar-refractivity contribution in [1.82, 2.24) is 0 Å². The van der Waals surface area contributed by atoms with Gasteiger partial charge in [0.1, 0.15) is 5.76 Å². The molecule has 1 aliphatic rings. The Hall–Kier alpha value is -0.790. The second-order valence-electron chi connectivity index (χ2n) is 1.90. The molecule has 0 aromatic rings. The number of hydrogen-bond acceptors (Lipinski definition) is 2. The molecule has 1 heterocycles. The maximum atomic E-state index is 4.98. The van der Waals surface area contributed by atoms with Crippen molar-refractivity contribution in [3.8, 4) is 0 Å². The summed E-state index contributed by atoms with van der Waals surface area (Å²) in [7, 11) is 0. The number of hydrogen-bond donors (Lipinski definition) is 0. The summed E-state index contributed by atoms with van der Waals surface area (Å²) in [5.74, 6) is 0.986. The van der Waals surface area contributed by atoms with E-state index in [1.807, 2.05) is 13.8 Å². The molecule has 1 aliphatic heterocycles. The minimum atomic E-state index is 0.797. The van der Waals surface area contributed by atoms with E-state index in [-0.39, 0.29) is 0 Å². The van der Waals surface area contributed by atoms with E-state index < -0.39 is 0 Å². The van der Waals surface area contributed by atoms with E-state index in [9.17, 15) is 0 Å². The number of ether oxygens (including phenoxy) is 1. The first-order valence-electron chi connectivity index (χ1n) is 2.62. The fraction of sp³-hybridized carbons (Fsp3) is 0.500. The molecule has 44 valence electrons. The van der Waals surface area contributed by atoms with Crippen LogP contribution in [0.4, 0.5) is 0 Å². The normalized spacial score (nSPS) is 18.8. The fourth-order valence-corrected chi connectivity index (χ4v) is 0.502. The van der Waals surface area contributed by atoms with Gasteiger partial charge < -0.3 is 4.74 Å². The molecule has 0 aliphatic carbocycles. The number of rotatable bonds is 0. The third-order valence-electron chi connectivity index (χ3n) is 1.23. The van der Waals surface area contributed by atoms with Gasteiger partial charge in [0, 0.05) is 0 Å². The summed E-state index contributed by atoms with van der Waals surface area (Å²) >= 11 is 0. The Balaban J connectivity index is 2.67.